The summed E-state index contributed by atoms with van der Waals surface area (Å²) < 4.78 is 1.78. The highest BCUT2D eigenvalue weighted by Crippen LogP contribution is 2.39. The van der Waals surface area contributed by atoms with E-state index in [1.54, 1.807) is 22.9 Å². The maximum Gasteiger partial charge on any atom is 0.354 e. The molecular weight excluding hydrogens is 544 g/mol. The summed E-state index contributed by atoms with van der Waals surface area (Å²) in [5.41, 5.74) is 3.92. The van der Waals surface area contributed by atoms with Crippen LogP contribution in [0.3, 0.4) is 0 Å². The second-order valence-electron chi connectivity index (χ2n) is 12.3. The number of rotatable bonds is 8. The maximum atomic E-state index is 13.3. The molecule has 3 aliphatic rings. The first-order chi connectivity index (χ1) is 20.7. The van der Waals surface area contributed by atoms with Gasteiger partial charge in [0, 0.05) is 68.7 Å². The van der Waals surface area contributed by atoms with Gasteiger partial charge in [-0.1, -0.05) is 37.3 Å². The fourth-order valence-corrected chi connectivity index (χ4v) is 7.15. The molecule has 3 aliphatic heterocycles. The zero-order chi connectivity index (χ0) is 30.2. The van der Waals surface area contributed by atoms with Crippen molar-refractivity contribution >= 4 is 23.4 Å². The number of amides is 2. The number of pyridine rings is 2. The second-order valence-corrected chi connectivity index (χ2v) is 12.3. The SMILES string of the molecule is CC[C@]1(c2ccccc2)CCN(c2cc(C)n(CCN3CC4(CCN(c5ccc(C(=O)O)nc5)CC4)NC3=O)c(=O)c2)C1. The van der Waals surface area contributed by atoms with Gasteiger partial charge in [0.05, 0.1) is 17.4 Å². The standard InChI is InChI=1S/C33H40N6O4/c1-3-32(25-7-5-4-6-8-25)11-14-37(22-32)27-19-24(2)39(29(40)20-27)18-17-38-23-33(35-31(38)43)12-15-36(16-13-33)26-9-10-28(30(41)42)34-21-26/h4-10,19-21H,3,11-18,22-23H2,1-2H3,(H,35,43)(H,41,42)/t32-/m0/s1. The summed E-state index contributed by atoms with van der Waals surface area (Å²) in [6, 6.07) is 17.8. The van der Waals surface area contributed by atoms with Crippen LogP contribution in [0.25, 0.3) is 0 Å². The third-order valence-electron chi connectivity index (χ3n) is 9.90. The molecule has 226 valence electrons. The first-order valence-electron chi connectivity index (χ1n) is 15.2. The van der Waals surface area contributed by atoms with Crippen LogP contribution in [0.1, 0.15) is 54.4 Å². The van der Waals surface area contributed by atoms with Crippen LogP contribution in [-0.2, 0) is 12.0 Å². The number of urea groups is 1. The number of carbonyl (C=O) groups excluding carboxylic acids is 1. The number of aryl methyl sites for hydroxylation is 1. The number of carbonyl (C=O) groups is 2. The molecule has 6 rings (SSSR count). The van der Waals surface area contributed by atoms with Gasteiger partial charge in [-0.05, 0) is 56.4 Å². The number of piperidine rings is 1. The van der Waals surface area contributed by atoms with Crippen molar-refractivity contribution in [1.29, 1.82) is 0 Å². The predicted molar refractivity (Wildman–Crippen MR) is 166 cm³/mol. The maximum absolute atomic E-state index is 13.3. The highest BCUT2D eigenvalue weighted by Gasteiger charge is 2.44. The molecule has 3 aromatic rings. The van der Waals surface area contributed by atoms with Crippen molar-refractivity contribution in [1.82, 2.24) is 19.8 Å². The summed E-state index contributed by atoms with van der Waals surface area (Å²) >= 11 is 0. The first kappa shape index (κ1) is 28.8. The van der Waals surface area contributed by atoms with E-state index < -0.39 is 5.97 Å². The summed E-state index contributed by atoms with van der Waals surface area (Å²) in [5, 5.41) is 12.3. The number of benzene rings is 1. The van der Waals surface area contributed by atoms with Crippen LogP contribution in [0.2, 0.25) is 0 Å². The van der Waals surface area contributed by atoms with Gasteiger partial charge < -0.3 is 29.7 Å². The molecule has 3 fully saturated rings. The molecule has 0 bridgehead atoms. The Hall–Kier alpha value is -4.34. The summed E-state index contributed by atoms with van der Waals surface area (Å²) in [4.78, 5) is 47.8. The van der Waals surface area contributed by atoms with E-state index in [-0.39, 0.29) is 28.2 Å². The monoisotopic (exact) mass is 584 g/mol. The van der Waals surface area contributed by atoms with E-state index in [0.29, 0.717) is 19.6 Å². The Balaban J connectivity index is 1.06. The topological polar surface area (TPSA) is 111 Å². The van der Waals surface area contributed by atoms with Gasteiger partial charge in [-0.2, -0.15) is 0 Å². The lowest BCUT2D eigenvalue weighted by Crippen LogP contribution is -2.52. The van der Waals surface area contributed by atoms with Crippen LogP contribution in [0.15, 0.2) is 65.6 Å². The number of aromatic carboxylic acids is 1. The Kier molecular flexibility index (Phi) is 7.62. The Morgan fingerprint density at radius 3 is 2.33 bits per heavy atom. The number of anilines is 2. The lowest BCUT2D eigenvalue weighted by molar-refractivity contribution is 0.0690. The Labute approximate surface area is 251 Å². The number of carboxylic acids is 1. The molecule has 43 heavy (non-hydrogen) atoms. The van der Waals surface area contributed by atoms with E-state index in [4.69, 9.17) is 5.11 Å². The van der Waals surface area contributed by atoms with E-state index in [1.807, 2.05) is 11.8 Å². The fraction of sp³-hybridized carbons (Fsp3) is 0.455. The molecule has 2 aromatic heterocycles. The normalized spacial score (nSPS) is 21.4. The first-order valence-corrected chi connectivity index (χ1v) is 15.2. The summed E-state index contributed by atoms with van der Waals surface area (Å²) in [5.74, 6) is -1.04. The Bertz CT molecular complexity index is 1550. The number of hydrogen-bond donors (Lipinski definition) is 2. The molecule has 0 unspecified atom stereocenters. The molecule has 5 heterocycles. The fourth-order valence-electron chi connectivity index (χ4n) is 7.15. The highest BCUT2D eigenvalue weighted by molar-refractivity contribution is 5.85. The van der Waals surface area contributed by atoms with Gasteiger partial charge >= 0.3 is 12.0 Å². The minimum Gasteiger partial charge on any atom is -0.477 e. The van der Waals surface area contributed by atoms with Gasteiger partial charge in [0.25, 0.3) is 5.56 Å². The molecule has 0 aliphatic carbocycles. The molecule has 1 aromatic carbocycles. The second kappa shape index (κ2) is 11.4. The zero-order valence-electron chi connectivity index (χ0n) is 25.0. The average molecular weight is 585 g/mol. The Morgan fingerprint density at radius 2 is 1.67 bits per heavy atom. The molecule has 2 amide bonds. The molecule has 2 N–H and O–H groups in total. The van der Waals surface area contributed by atoms with Gasteiger partial charge in [-0.15, -0.1) is 0 Å². The quantitative estimate of drug-likeness (QED) is 0.414. The lowest BCUT2D eigenvalue weighted by atomic mass is 9.77. The number of hydrogen-bond acceptors (Lipinski definition) is 6. The van der Waals surface area contributed by atoms with Crippen LogP contribution < -0.4 is 20.7 Å². The summed E-state index contributed by atoms with van der Waals surface area (Å²) in [6.07, 6.45) is 5.27. The lowest BCUT2D eigenvalue weighted by Gasteiger charge is -2.39. The van der Waals surface area contributed by atoms with Crippen molar-refractivity contribution in [2.24, 2.45) is 0 Å². The van der Waals surface area contributed by atoms with E-state index >= 15 is 0 Å². The molecule has 10 nitrogen and oxygen atoms in total. The number of nitrogens with zero attached hydrogens (tertiary/aromatic N) is 5. The van der Waals surface area contributed by atoms with Gasteiger partial charge in [0.1, 0.15) is 5.69 Å². The van der Waals surface area contributed by atoms with Crippen LogP contribution in [0.5, 0.6) is 0 Å². The van der Waals surface area contributed by atoms with Gasteiger partial charge in [0.2, 0.25) is 0 Å². The number of nitrogens with one attached hydrogen (secondary N) is 1. The van der Waals surface area contributed by atoms with Gasteiger partial charge in [-0.25, -0.2) is 14.6 Å². The van der Waals surface area contributed by atoms with Crippen molar-refractivity contribution in [3.63, 3.8) is 0 Å². The van der Waals surface area contributed by atoms with Crippen molar-refractivity contribution in [3.8, 4) is 0 Å². The van der Waals surface area contributed by atoms with Crippen LogP contribution in [0, 0.1) is 6.92 Å². The third kappa shape index (κ3) is 5.58. The zero-order valence-corrected chi connectivity index (χ0v) is 25.0. The molecule has 1 spiro atoms. The van der Waals surface area contributed by atoms with E-state index in [1.165, 1.54) is 11.6 Å². The Morgan fingerprint density at radius 1 is 0.930 bits per heavy atom. The van der Waals surface area contributed by atoms with Gasteiger partial charge in [-0.3, -0.25) is 4.79 Å². The highest BCUT2D eigenvalue weighted by atomic mass is 16.4. The van der Waals surface area contributed by atoms with Gasteiger partial charge in [0.15, 0.2) is 0 Å². The minimum atomic E-state index is -1.04. The third-order valence-corrected chi connectivity index (χ3v) is 9.90. The predicted octanol–water partition coefficient (Wildman–Crippen LogP) is 3.87. The minimum absolute atomic E-state index is 0.0255. The number of carboxylic acid groups (broad SMARTS) is 1. The smallest absolute Gasteiger partial charge is 0.354 e. The van der Waals surface area contributed by atoms with E-state index in [9.17, 15) is 14.4 Å². The van der Waals surface area contributed by atoms with Crippen molar-refractivity contribution in [2.45, 2.75) is 57.0 Å². The summed E-state index contributed by atoms with van der Waals surface area (Å²) in [6.45, 7) is 9.04. The van der Waals surface area contributed by atoms with E-state index in [2.05, 4.69) is 63.4 Å². The van der Waals surface area contributed by atoms with Crippen molar-refractivity contribution in [3.05, 3.63) is 88.1 Å². The molecule has 1 atom stereocenters. The van der Waals surface area contributed by atoms with Crippen LogP contribution in [0.4, 0.5) is 16.2 Å². The van der Waals surface area contributed by atoms with Crippen molar-refractivity contribution in [2.75, 3.05) is 49.1 Å². The van der Waals surface area contributed by atoms with Crippen LogP contribution >= 0.6 is 0 Å². The van der Waals surface area contributed by atoms with E-state index in [0.717, 1.165) is 68.9 Å². The van der Waals surface area contributed by atoms with Crippen molar-refractivity contribution < 1.29 is 14.7 Å². The number of aromatic nitrogens is 2. The molecule has 0 saturated carbocycles. The molecular formula is C33H40N6O4. The molecule has 0 radical (unpaired) electrons. The average Bonchev–Trinajstić information content (AvgIpc) is 3.59. The summed E-state index contributed by atoms with van der Waals surface area (Å²) in [7, 11) is 0. The molecule has 10 heteroatoms. The van der Waals surface area contributed by atoms with Crippen LogP contribution in [-0.4, -0.2) is 76.4 Å². The largest absolute Gasteiger partial charge is 0.477 e. The molecule has 3 saturated heterocycles.